The molecule has 7 heteroatoms. The van der Waals surface area contributed by atoms with Crippen molar-refractivity contribution in [2.45, 2.75) is 26.3 Å². The van der Waals surface area contributed by atoms with E-state index in [0.717, 1.165) is 29.9 Å². The van der Waals surface area contributed by atoms with E-state index >= 15 is 0 Å². The van der Waals surface area contributed by atoms with Crippen LogP contribution < -0.4 is 11.1 Å². The van der Waals surface area contributed by atoms with Crippen LogP contribution in [0.4, 0.5) is 5.69 Å². The number of hydrogen-bond acceptors (Lipinski definition) is 5. The second kappa shape index (κ2) is 7.00. The summed E-state index contributed by atoms with van der Waals surface area (Å²) in [5.74, 6) is -0.484. The molecule has 0 spiro atoms. The molecule has 1 aliphatic heterocycles. The SMILES string of the molecule is CCCNC(=O)c1nsc(C(=O)N2CCc3ccccc3C2)c1N. The highest BCUT2D eigenvalue weighted by Crippen LogP contribution is 2.26. The molecule has 0 atom stereocenters. The van der Waals surface area contributed by atoms with Crippen LogP contribution in [0.1, 0.15) is 44.6 Å². The Morgan fingerprint density at radius 2 is 2.08 bits per heavy atom. The van der Waals surface area contributed by atoms with Gasteiger partial charge < -0.3 is 16.0 Å². The number of hydrogen-bond donors (Lipinski definition) is 2. The first kappa shape index (κ1) is 16.4. The van der Waals surface area contributed by atoms with Crippen molar-refractivity contribution in [2.24, 2.45) is 0 Å². The zero-order valence-corrected chi connectivity index (χ0v) is 14.4. The number of benzene rings is 1. The Morgan fingerprint density at radius 3 is 2.83 bits per heavy atom. The van der Waals surface area contributed by atoms with Gasteiger partial charge in [-0.2, -0.15) is 4.37 Å². The Hall–Kier alpha value is -2.41. The second-order valence-electron chi connectivity index (χ2n) is 5.78. The van der Waals surface area contributed by atoms with E-state index in [1.807, 2.05) is 25.1 Å². The molecule has 3 rings (SSSR count). The van der Waals surface area contributed by atoms with Gasteiger partial charge >= 0.3 is 0 Å². The summed E-state index contributed by atoms with van der Waals surface area (Å²) in [6, 6.07) is 8.12. The van der Waals surface area contributed by atoms with E-state index in [9.17, 15) is 9.59 Å². The number of nitrogens with one attached hydrogen (secondary N) is 1. The summed E-state index contributed by atoms with van der Waals surface area (Å²) >= 11 is 0.994. The van der Waals surface area contributed by atoms with Gasteiger partial charge in [0.05, 0.1) is 5.69 Å². The number of amides is 2. The van der Waals surface area contributed by atoms with Crippen molar-refractivity contribution in [3.8, 4) is 0 Å². The first-order chi connectivity index (χ1) is 11.6. The molecule has 24 heavy (non-hydrogen) atoms. The van der Waals surface area contributed by atoms with Gasteiger partial charge in [-0.25, -0.2) is 0 Å². The van der Waals surface area contributed by atoms with E-state index in [2.05, 4.69) is 15.8 Å². The van der Waals surface area contributed by atoms with Gasteiger partial charge in [0.25, 0.3) is 11.8 Å². The Balaban J connectivity index is 1.77. The summed E-state index contributed by atoms with van der Waals surface area (Å²) < 4.78 is 4.09. The van der Waals surface area contributed by atoms with E-state index < -0.39 is 0 Å². The molecule has 2 aromatic rings. The Morgan fingerprint density at radius 1 is 1.33 bits per heavy atom. The van der Waals surface area contributed by atoms with Gasteiger partial charge in [0.2, 0.25) is 0 Å². The quantitative estimate of drug-likeness (QED) is 0.889. The van der Waals surface area contributed by atoms with Crippen LogP contribution in [-0.2, 0) is 13.0 Å². The first-order valence-corrected chi connectivity index (χ1v) is 8.78. The molecule has 0 aliphatic carbocycles. The number of aromatic nitrogens is 1. The fourth-order valence-corrected chi connectivity index (χ4v) is 3.52. The molecule has 0 fully saturated rings. The molecule has 126 valence electrons. The van der Waals surface area contributed by atoms with Gasteiger partial charge in [0.15, 0.2) is 5.69 Å². The number of nitrogen functional groups attached to an aromatic ring is 1. The van der Waals surface area contributed by atoms with Crippen LogP contribution in [0, 0.1) is 0 Å². The normalized spacial score (nSPS) is 13.5. The summed E-state index contributed by atoms with van der Waals surface area (Å²) in [5, 5.41) is 2.73. The molecule has 0 radical (unpaired) electrons. The van der Waals surface area contributed by atoms with Crippen LogP contribution in [-0.4, -0.2) is 34.2 Å². The summed E-state index contributed by atoms with van der Waals surface area (Å²) in [4.78, 5) is 26.9. The Bertz CT molecular complexity index is 772. The minimum absolute atomic E-state index is 0.147. The molecule has 0 saturated heterocycles. The third-order valence-electron chi connectivity index (χ3n) is 4.09. The largest absolute Gasteiger partial charge is 0.395 e. The smallest absolute Gasteiger partial charge is 0.273 e. The van der Waals surface area contributed by atoms with Gasteiger partial charge in [0, 0.05) is 19.6 Å². The predicted octanol–water partition coefficient (Wildman–Crippen LogP) is 2.06. The van der Waals surface area contributed by atoms with Gasteiger partial charge in [-0.15, -0.1) is 0 Å². The molecule has 2 amide bonds. The van der Waals surface area contributed by atoms with Crippen molar-refractivity contribution in [3.05, 3.63) is 46.0 Å². The number of rotatable bonds is 4. The Labute approximate surface area is 144 Å². The minimum Gasteiger partial charge on any atom is -0.395 e. The van der Waals surface area contributed by atoms with Crippen molar-refractivity contribution in [3.63, 3.8) is 0 Å². The highest BCUT2D eigenvalue weighted by atomic mass is 32.1. The average Bonchev–Trinajstić information content (AvgIpc) is 3.00. The van der Waals surface area contributed by atoms with Gasteiger partial charge in [0.1, 0.15) is 4.88 Å². The molecule has 1 aromatic carbocycles. The maximum Gasteiger partial charge on any atom is 0.273 e. The summed E-state index contributed by atoms with van der Waals surface area (Å²) in [5.41, 5.74) is 8.77. The van der Waals surface area contributed by atoms with Crippen molar-refractivity contribution in [1.29, 1.82) is 0 Å². The number of carbonyl (C=O) groups excluding carboxylic acids is 2. The number of nitrogens with zero attached hydrogens (tertiary/aromatic N) is 2. The van der Waals surface area contributed by atoms with Crippen LogP contribution in [0.15, 0.2) is 24.3 Å². The van der Waals surface area contributed by atoms with Crippen LogP contribution in [0.3, 0.4) is 0 Å². The Kier molecular flexibility index (Phi) is 4.80. The maximum absolute atomic E-state index is 12.8. The zero-order valence-electron chi connectivity index (χ0n) is 13.5. The molecule has 0 unspecified atom stereocenters. The van der Waals surface area contributed by atoms with Crippen LogP contribution in [0.2, 0.25) is 0 Å². The van der Waals surface area contributed by atoms with Crippen LogP contribution in [0.25, 0.3) is 0 Å². The van der Waals surface area contributed by atoms with Crippen molar-refractivity contribution < 1.29 is 9.59 Å². The van der Waals surface area contributed by atoms with Crippen molar-refractivity contribution in [1.82, 2.24) is 14.6 Å². The van der Waals surface area contributed by atoms with Gasteiger partial charge in [-0.3, -0.25) is 9.59 Å². The average molecular weight is 344 g/mol. The summed E-state index contributed by atoms with van der Waals surface area (Å²) in [6.07, 6.45) is 1.65. The van der Waals surface area contributed by atoms with E-state index in [-0.39, 0.29) is 23.2 Å². The molecule has 3 N–H and O–H groups in total. The minimum atomic E-state index is -0.325. The molecule has 1 aromatic heterocycles. The molecular formula is C17H20N4O2S. The highest BCUT2D eigenvalue weighted by molar-refractivity contribution is 7.09. The topological polar surface area (TPSA) is 88.3 Å². The van der Waals surface area contributed by atoms with E-state index in [0.29, 0.717) is 24.5 Å². The van der Waals surface area contributed by atoms with Crippen molar-refractivity contribution >= 4 is 29.0 Å². The van der Waals surface area contributed by atoms with E-state index in [4.69, 9.17) is 5.73 Å². The second-order valence-corrected chi connectivity index (χ2v) is 6.55. The highest BCUT2D eigenvalue weighted by Gasteiger charge is 2.27. The monoisotopic (exact) mass is 344 g/mol. The number of nitrogens with two attached hydrogens (primary N) is 1. The third-order valence-corrected chi connectivity index (χ3v) is 4.94. The van der Waals surface area contributed by atoms with E-state index in [1.54, 1.807) is 4.90 Å². The molecule has 0 bridgehead atoms. The van der Waals surface area contributed by atoms with Crippen LogP contribution >= 0.6 is 11.5 Å². The summed E-state index contributed by atoms with van der Waals surface area (Å²) in [6.45, 7) is 3.73. The lowest BCUT2D eigenvalue weighted by molar-refractivity contribution is 0.0740. The molecular weight excluding hydrogens is 324 g/mol. The molecule has 2 heterocycles. The lowest BCUT2D eigenvalue weighted by Crippen LogP contribution is -2.36. The maximum atomic E-state index is 12.8. The first-order valence-electron chi connectivity index (χ1n) is 8.01. The lowest BCUT2D eigenvalue weighted by Gasteiger charge is -2.28. The third kappa shape index (κ3) is 3.12. The zero-order chi connectivity index (χ0) is 17.1. The molecule has 1 aliphatic rings. The van der Waals surface area contributed by atoms with E-state index in [1.165, 1.54) is 5.56 Å². The molecule has 6 nitrogen and oxygen atoms in total. The van der Waals surface area contributed by atoms with Crippen molar-refractivity contribution in [2.75, 3.05) is 18.8 Å². The fourth-order valence-electron chi connectivity index (χ4n) is 2.75. The summed E-state index contributed by atoms with van der Waals surface area (Å²) in [7, 11) is 0. The fraction of sp³-hybridized carbons (Fsp3) is 0.353. The van der Waals surface area contributed by atoms with Gasteiger partial charge in [-0.05, 0) is 35.5 Å². The molecule has 0 saturated carbocycles. The van der Waals surface area contributed by atoms with Gasteiger partial charge in [-0.1, -0.05) is 31.2 Å². The number of anilines is 1. The lowest BCUT2D eigenvalue weighted by atomic mass is 10.00. The predicted molar refractivity (Wildman–Crippen MR) is 94.0 cm³/mol. The van der Waals surface area contributed by atoms with Crippen LogP contribution in [0.5, 0.6) is 0 Å². The number of fused-ring (bicyclic) bond motifs is 1. The standard InChI is InChI=1S/C17H20N4O2S/c1-2-8-19-16(22)14-13(18)15(24-20-14)17(23)21-9-7-11-5-3-4-6-12(11)10-21/h3-6H,2,7-10,18H2,1H3,(H,19,22). The number of carbonyl (C=O) groups is 2.